The standard InChI is InChI=1S/C23H31NO4S/c1-2-23(11-4-12-23)21(26)10-8-18-17(15(14-24)13-19(18)25)6-3-5-16-7-9-20(29-16)22(27)28/h7-10,15,17-19,21,25-26H,2-6,11-13H2,1H3,(H,27,28)/b10-8+/t15?,17-,18?,19+,21?/m0/s1. The second-order valence-electron chi connectivity index (χ2n) is 8.64. The van der Waals surface area contributed by atoms with Crippen molar-refractivity contribution in [2.75, 3.05) is 0 Å². The molecule has 0 saturated heterocycles. The van der Waals surface area contributed by atoms with Crippen LogP contribution >= 0.6 is 11.3 Å². The fraction of sp³-hybridized carbons (Fsp3) is 0.652. The summed E-state index contributed by atoms with van der Waals surface area (Å²) in [7, 11) is 0. The molecule has 0 aliphatic heterocycles. The van der Waals surface area contributed by atoms with Crippen molar-refractivity contribution in [1.82, 2.24) is 0 Å². The van der Waals surface area contributed by atoms with Crippen LogP contribution in [0.4, 0.5) is 0 Å². The van der Waals surface area contributed by atoms with Gasteiger partial charge in [0, 0.05) is 10.8 Å². The van der Waals surface area contributed by atoms with E-state index < -0.39 is 18.2 Å². The van der Waals surface area contributed by atoms with E-state index in [2.05, 4.69) is 13.0 Å². The maximum atomic E-state index is 11.0. The molecule has 1 aromatic rings. The summed E-state index contributed by atoms with van der Waals surface area (Å²) in [5.74, 6) is -1.12. The minimum atomic E-state index is -0.898. The fourth-order valence-electron chi connectivity index (χ4n) is 5.02. The molecule has 5 atom stereocenters. The second-order valence-corrected chi connectivity index (χ2v) is 9.81. The molecule has 0 aromatic carbocycles. The number of hydrogen-bond acceptors (Lipinski definition) is 5. The summed E-state index contributed by atoms with van der Waals surface area (Å²) in [6.45, 7) is 2.12. The first-order valence-corrected chi connectivity index (χ1v) is 11.5. The zero-order chi connectivity index (χ0) is 21.0. The van der Waals surface area contributed by atoms with E-state index in [4.69, 9.17) is 5.11 Å². The van der Waals surface area contributed by atoms with Gasteiger partial charge in [-0.15, -0.1) is 11.3 Å². The summed E-state index contributed by atoms with van der Waals surface area (Å²) in [4.78, 5) is 12.4. The molecule has 3 rings (SSSR count). The van der Waals surface area contributed by atoms with Crippen molar-refractivity contribution in [3.8, 4) is 6.07 Å². The van der Waals surface area contributed by atoms with E-state index in [1.165, 1.54) is 11.3 Å². The highest BCUT2D eigenvalue weighted by molar-refractivity contribution is 7.13. The normalized spacial score (nSPS) is 29.4. The number of aromatic carboxylic acids is 1. The molecule has 0 amide bonds. The Kier molecular flexibility index (Phi) is 7.15. The number of aryl methyl sites for hydroxylation is 1. The fourth-order valence-corrected chi connectivity index (χ4v) is 5.91. The number of thiophene rings is 1. The molecule has 0 bridgehead atoms. The van der Waals surface area contributed by atoms with Crippen LogP contribution in [-0.2, 0) is 6.42 Å². The van der Waals surface area contributed by atoms with Crippen molar-refractivity contribution in [2.24, 2.45) is 23.2 Å². The van der Waals surface area contributed by atoms with Crippen molar-refractivity contribution in [3.05, 3.63) is 34.0 Å². The number of aliphatic hydroxyl groups excluding tert-OH is 2. The Labute approximate surface area is 176 Å². The van der Waals surface area contributed by atoms with Gasteiger partial charge in [0.15, 0.2) is 0 Å². The largest absolute Gasteiger partial charge is 0.477 e. The van der Waals surface area contributed by atoms with Gasteiger partial charge >= 0.3 is 5.97 Å². The molecule has 1 heterocycles. The predicted molar refractivity (Wildman–Crippen MR) is 113 cm³/mol. The monoisotopic (exact) mass is 417 g/mol. The molecular formula is C23H31NO4S. The van der Waals surface area contributed by atoms with Crippen LogP contribution in [0.3, 0.4) is 0 Å². The van der Waals surface area contributed by atoms with Crippen LogP contribution in [0, 0.1) is 34.5 Å². The number of rotatable bonds is 9. The van der Waals surface area contributed by atoms with Gasteiger partial charge in [-0.05, 0) is 68.4 Å². The number of hydrogen-bond donors (Lipinski definition) is 3. The molecule has 2 aliphatic rings. The van der Waals surface area contributed by atoms with Crippen molar-refractivity contribution in [1.29, 1.82) is 5.26 Å². The molecule has 5 nitrogen and oxygen atoms in total. The molecule has 3 N–H and O–H groups in total. The van der Waals surface area contributed by atoms with Crippen molar-refractivity contribution in [3.63, 3.8) is 0 Å². The SMILES string of the molecule is CCC1(C(O)/C=C/C2[C@@H](CCCc3ccc(C(=O)O)s3)C(C#N)C[C@H]2O)CCC1. The Balaban J connectivity index is 1.61. The summed E-state index contributed by atoms with van der Waals surface area (Å²) in [6, 6.07) is 5.85. The van der Waals surface area contributed by atoms with Gasteiger partial charge in [0.2, 0.25) is 0 Å². The van der Waals surface area contributed by atoms with E-state index in [-0.39, 0.29) is 23.2 Å². The summed E-state index contributed by atoms with van der Waals surface area (Å²) in [5, 5.41) is 39.8. The van der Waals surface area contributed by atoms with Crippen LogP contribution < -0.4 is 0 Å². The summed E-state index contributed by atoms with van der Waals surface area (Å²) >= 11 is 1.30. The molecular weight excluding hydrogens is 386 g/mol. The average Bonchev–Trinajstić information content (AvgIpc) is 3.24. The van der Waals surface area contributed by atoms with Crippen LogP contribution in [0.5, 0.6) is 0 Å². The third-order valence-electron chi connectivity index (χ3n) is 7.15. The molecule has 3 unspecified atom stereocenters. The average molecular weight is 418 g/mol. The predicted octanol–water partition coefficient (Wildman–Crippen LogP) is 4.40. The Morgan fingerprint density at radius 3 is 2.76 bits per heavy atom. The molecule has 2 saturated carbocycles. The molecule has 29 heavy (non-hydrogen) atoms. The number of nitrogens with zero attached hydrogens (tertiary/aromatic N) is 1. The zero-order valence-corrected chi connectivity index (χ0v) is 17.8. The highest BCUT2D eigenvalue weighted by Crippen LogP contribution is 2.48. The summed E-state index contributed by atoms with van der Waals surface area (Å²) in [6.07, 6.45) is 9.91. The third kappa shape index (κ3) is 4.74. The van der Waals surface area contributed by atoms with Gasteiger partial charge in [-0.25, -0.2) is 4.79 Å². The van der Waals surface area contributed by atoms with Gasteiger partial charge < -0.3 is 15.3 Å². The van der Waals surface area contributed by atoms with Gasteiger partial charge in [-0.3, -0.25) is 0 Å². The molecule has 6 heteroatoms. The van der Waals surface area contributed by atoms with Crippen LogP contribution in [0.2, 0.25) is 0 Å². The van der Waals surface area contributed by atoms with Gasteiger partial charge in [-0.1, -0.05) is 25.5 Å². The first-order valence-electron chi connectivity index (χ1n) is 10.7. The first-order chi connectivity index (χ1) is 13.9. The quantitative estimate of drug-likeness (QED) is 0.517. The van der Waals surface area contributed by atoms with Gasteiger partial charge in [0.25, 0.3) is 0 Å². The number of carboxylic acid groups (broad SMARTS) is 1. The van der Waals surface area contributed by atoms with Crippen molar-refractivity contribution < 1.29 is 20.1 Å². The molecule has 158 valence electrons. The number of carboxylic acids is 1. The molecule has 0 spiro atoms. The smallest absolute Gasteiger partial charge is 0.345 e. The summed E-state index contributed by atoms with van der Waals surface area (Å²) in [5.41, 5.74) is -0.00873. The van der Waals surface area contributed by atoms with E-state index >= 15 is 0 Å². The van der Waals surface area contributed by atoms with Gasteiger partial charge in [0.1, 0.15) is 4.88 Å². The highest BCUT2D eigenvalue weighted by Gasteiger charge is 2.43. The Bertz CT molecular complexity index is 771. The van der Waals surface area contributed by atoms with Crippen molar-refractivity contribution in [2.45, 2.75) is 70.5 Å². The van der Waals surface area contributed by atoms with Crippen LogP contribution in [0.1, 0.15) is 66.4 Å². The minimum Gasteiger partial charge on any atom is -0.477 e. The zero-order valence-electron chi connectivity index (χ0n) is 17.0. The number of nitriles is 1. The van der Waals surface area contributed by atoms with Crippen LogP contribution in [-0.4, -0.2) is 33.5 Å². The van der Waals surface area contributed by atoms with E-state index in [1.807, 2.05) is 18.2 Å². The van der Waals surface area contributed by atoms with Crippen LogP contribution in [0.25, 0.3) is 0 Å². The van der Waals surface area contributed by atoms with Gasteiger partial charge in [-0.2, -0.15) is 5.26 Å². The highest BCUT2D eigenvalue weighted by atomic mass is 32.1. The van der Waals surface area contributed by atoms with Gasteiger partial charge in [0.05, 0.1) is 24.2 Å². The minimum absolute atomic E-state index is 0.00873. The third-order valence-corrected chi connectivity index (χ3v) is 8.28. The second kappa shape index (κ2) is 9.42. The molecule has 2 aliphatic carbocycles. The lowest BCUT2D eigenvalue weighted by molar-refractivity contribution is -0.00888. The number of aliphatic hydroxyl groups is 2. The Hall–Kier alpha value is -1.68. The lowest BCUT2D eigenvalue weighted by atomic mass is 9.63. The van der Waals surface area contributed by atoms with E-state index in [0.29, 0.717) is 11.3 Å². The molecule has 2 fully saturated rings. The lowest BCUT2D eigenvalue weighted by Gasteiger charge is -2.44. The Morgan fingerprint density at radius 2 is 2.21 bits per heavy atom. The Morgan fingerprint density at radius 1 is 1.45 bits per heavy atom. The van der Waals surface area contributed by atoms with Crippen LogP contribution in [0.15, 0.2) is 24.3 Å². The van der Waals surface area contributed by atoms with E-state index in [9.17, 15) is 20.3 Å². The maximum absolute atomic E-state index is 11.0. The molecule has 1 aromatic heterocycles. The lowest BCUT2D eigenvalue weighted by Crippen LogP contribution is -2.39. The summed E-state index contributed by atoms with van der Waals surface area (Å²) < 4.78 is 0. The first kappa shape index (κ1) is 22.0. The number of carbonyl (C=O) groups is 1. The topological polar surface area (TPSA) is 102 Å². The van der Waals surface area contributed by atoms with E-state index in [0.717, 1.165) is 49.8 Å². The van der Waals surface area contributed by atoms with E-state index in [1.54, 1.807) is 6.07 Å². The molecule has 0 radical (unpaired) electrons. The van der Waals surface area contributed by atoms with Crippen molar-refractivity contribution >= 4 is 17.3 Å². The maximum Gasteiger partial charge on any atom is 0.345 e.